The first-order valence-corrected chi connectivity index (χ1v) is 24.5. The second-order valence-electron chi connectivity index (χ2n) is 18.9. The molecule has 1 saturated carbocycles. The van der Waals surface area contributed by atoms with Crippen molar-refractivity contribution in [2.45, 2.75) is 43.4 Å². The Kier molecular flexibility index (Phi) is 9.90. The highest BCUT2D eigenvalue weighted by molar-refractivity contribution is 6.01. The minimum Gasteiger partial charge on any atom is -0.310 e. The third-order valence-corrected chi connectivity index (χ3v) is 15.4. The van der Waals surface area contributed by atoms with Gasteiger partial charge in [-0.05, 0) is 138 Å². The van der Waals surface area contributed by atoms with Gasteiger partial charge in [-0.1, -0.05) is 232 Å². The molecule has 68 heavy (non-hydrogen) atoms. The average Bonchev–Trinajstić information content (AvgIpc) is 3.90. The maximum atomic E-state index is 2.50. The third-order valence-electron chi connectivity index (χ3n) is 15.4. The van der Waals surface area contributed by atoms with Crippen LogP contribution in [0.3, 0.4) is 0 Å². The van der Waals surface area contributed by atoms with E-state index in [0.29, 0.717) is 5.92 Å². The Morgan fingerprint density at radius 3 is 1.26 bits per heavy atom. The van der Waals surface area contributed by atoms with Gasteiger partial charge < -0.3 is 4.90 Å². The second-order valence-corrected chi connectivity index (χ2v) is 18.9. The molecule has 0 heterocycles. The molecule has 0 aromatic heterocycles. The summed E-state index contributed by atoms with van der Waals surface area (Å²) < 4.78 is 0. The highest BCUT2D eigenvalue weighted by Gasteiger charge is 2.52. The van der Waals surface area contributed by atoms with Crippen molar-refractivity contribution in [1.82, 2.24) is 0 Å². The topological polar surface area (TPSA) is 3.24 Å². The molecule has 0 aliphatic heterocycles. The molecule has 1 spiro atoms. The summed E-state index contributed by atoms with van der Waals surface area (Å²) >= 11 is 0. The molecular formula is C67H51N. The van der Waals surface area contributed by atoms with E-state index in [0.717, 1.165) is 11.4 Å². The number of hydrogen-bond acceptors (Lipinski definition) is 1. The number of benzene rings is 10. The molecule has 0 atom stereocenters. The molecule has 0 unspecified atom stereocenters. The van der Waals surface area contributed by atoms with Gasteiger partial charge in [-0.2, -0.15) is 0 Å². The molecule has 0 amide bonds. The largest absolute Gasteiger partial charge is 0.310 e. The Morgan fingerprint density at radius 2 is 0.706 bits per heavy atom. The highest BCUT2D eigenvalue weighted by atomic mass is 15.1. The second kappa shape index (κ2) is 16.7. The van der Waals surface area contributed by atoms with Crippen molar-refractivity contribution in [3.63, 3.8) is 0 Å². The molecule has 13 rings (SSSR count). The van der Waals surface area contributed by atoms with Crippen LogP contribution in [0.4, 0.5) is 17.1 Å². The number of nitrogens with zero attached hydrogens (tertiary/aromatic N) is 1. The van der Waals surface area contributed by atoms with Gasteiger partial charge in [0.05, 0.1) is 11.1 Å². The van der Waals surface area contributed by atoms with Crippen molar-refractivity contribution < 1.29 is 0 Å². The predicted octanol–water partition coefficient (Wildman–Crippen LogP) is 18.2. The molecule has 10 aromatic carbocycles. The molecule has 0 radical (unpaired) electrons. The van der Waals surface area contributed by atoms with Gasteiger partial charge in [0.1, 0.15) is 0 Å². The number of rotatable bonds is 8. The van der Waals surface area contributed by atoms with Crippen molar-refractivity contribution in [2.75, 3.05) is 4.90 Å². The van der Waals surface area contributed by atoms with Crippen molar-refractivity contribution in [3.05, 3.63) is 270 Å². The minimum atomic E-state index is -0.432. The van der Waals surface area contributed by atoms with E-state index < -0.39 is 5.41 Å². The summed E-state index contributed by atoms with van der Waals surface area (Å²) in [5.41, 5.74) is 24.8. The summed E-state index contributed by atoms with van der Waals surface area (Å²) in [6.45, 7) is 0. The van der Waals surface area contributed by atoms with Gasteiger partial charge >= 0.3 is 0 Å². The normalized spacial score (nSPS) is 14.2. The van der Waals surface area contributed by atoms with Gasteiger partial charge in [0.15, 0.2) is 0 Å². The highest BCUT2D eigenvalue weighted by Crippen LogP contribution is 2.64. The first-order chi connectivity index (χ1) is 33.8. The van der Waals surface area contributed by atoms with Crippen molar-refractivity contribution in [2.24, 2.45) is 0 Å². The zero-order chi connectivity index (χ0) is 45.0. The van der Waals surface area contributed by atoms with Gasteiger partial charge in [0, 0.05) is 16.9 Å². The van der Waals surface area contributed by atoms with Crippen LogP contribution in [0.2, 0.25) is 0 Å². The Morgan fingerprint density at radius 1 is 0.294 bits per heavy atom. The SMILES string of the molecule is c1ccc(-c2ccccc2-c2ccccc2-c2ccc(N(c3ccc(-c4ccc(C5CCCCC5)cc4)cc3)c3cccc4c3-c3ccccc3C43c4ccccc4-c4ccccc43)cc2)cc1. The van der Waals surface area contributed by atoms with E-state index in [2.05, 4.69) is 248 Å². The molecule has 0 N–H and O–H groups in total. The molecule has 1 heteroatoms. The molecule has 1 fully saturated rings. The summed E-state index contributed by atoms with van der Waals surface area (Å²) in [6, 6.07) is 90.7. The fourth-order valence-corrected chi connectivity index (χ4v) is 12.3. The lowest BCUT2D eigenvalue weighted by Crippen LogP contribution is -2.26. The number of anilines is 3. The monoisotopic (exact) mass is 869 g/mol. The Hall–Kier alpha value is -8.00. The van der Waals surface area contributed by atoms with Crippen molar-refractivity contribution in [3.8, 4) is 66.8 Å². The van der Waals surface area contributed by atoms with E-state index in [4.69, 9.17) is 0 Å². The van der Waals surface area contributed by atoms with Crippen LogP contribution in [0.25, 0.3) is 66.8 Å². The van der Waals surface area contributed by atoms with Crippen molar-refractivity contribution >= 4 is 17.1 Å². The number of fused-ring (bicyclic) bond motifs is 10. The van der Waals surface area contributed by atoms with Crippen LogP contribution in [0.1, 0.15) is 65.8 Å². The zero-order valence-electron chi connectivity index (χ0n) is 38.2. The Bertz CT molecular complexity index is 3420. The van der Waals surface area contributed by atoms with Gasteiger partial charge in [0.2, 0.25) is 0 Å². The van der Waals surface area contributed by atoms with Gasteiger partial charge in [-0.15, -0.1) is 0 Å². The Labute approximate surface area is 400 Å². The maximum absolute atomic E-state index is 2.50. The molecule has 10 aromatic rings. The lowest BCUT2D eigenvalue weighted by Gasteiger charge is -2.32. The van der Waals surface area contributed by atoms with Gasteiger partial charge in [0.25, 0.3) is 0 Å². The van der Waals surface area contributed by atoms with Crippen LogP contribution in [0, 0.1) is 0 Å². The molecule has 0 saturated heterocycles. The standard InChI is InChI=1S/C67H51N/c1-3-18-46(19-4-1)47-34-36-48(37-35-47)49-38-42-52(43-39-49)68(53-44-40-51(41-45-53)55-23-8-10-25-57(55)56-24-9-7-22-54(56)50-20-5-2-6-21-50)65-33-17-32-64-66(65)60-28-13-16-31-63(60)67(64)61-29-14-11-26-58(61)59-27-12-15-30-62(59)67/h2,5-17,20-46H,1,3-4,18-19H2. The van der Waals surface area contributed by atoms with E-state index >= 15 is 0 Å². The van der Waals surface area contributed by atoms with Gasteiger partial charge in [-0.25, -0.2) is 0 Å². The van der Waals surface area contributed by atoms with E-state index in [1.807, 2.05) is 0 Å². The summed E-state index contributed by atoms with van der Waals surface area (Å²) in [6.07, 6.45) is 6.70. The minimum absolute atomic E-state index is 0.432. The van der Waals surface area contributed by atoms with Crippen LogP contribution >= 0.6 is 0 Å². The van der Waals surface area contributed by atoms with Crippen LogP contribution in [0.15, 0.2) is 243 Å². The maximum Gasteiger partial charge on any atom is 0.0726 e. The zero-order valence-corrected chi connectivity index (χ0v) is 38.2. The van der Waals surface area contributed by atoms with Crippen molar-refractivity contribution in [1.29, 1.82) is 0 Å². The van der Waals surface area contributed by atoms with Crippen LogP contribution in [0.5, 0.6) is 0 Å². The summed E-state index contributed by atoms with van der Waals surface area (Å²) in [4.78, 5) is 2.50. The first-order valence-electron chi connectivity index (χ1n) is 24.5. The quantitative estimate of drug-likeness (QED) is 0.147. The van der Waals surface area contributed by atoms with E-state index in [1.54, 1.807) is 0 Å². The predicted molar refractivity (Wildman–Crippen MR) is 285 cm³/mol. The molecule has 0 bridgehead atoms. The van der Waals surface area contributed by atoms with E-state index in [1.165, 1.54) is 132 Å². The van der Waals surface area contributed by atoms with Crippen LogP contribution in [-0.2, 0) is 5.41 Å². The molecule has 324 valence electrons. The fourth-order valence-electron chi connectivity index (χ4n) is 12.3. The van der Waals surface area contributed by atoms with Crippen LogP contribution in [-0.4, -0.2) is 0 Å². The average molecular weight is 870 g/mol. The molecular weight excluding hydrogens is 819 g/mol. The van der Waals surface area contributed by atoms with Crippen LogP contribution < -0.4 is 4.90 Å². The van der Waals surface area contributed by atoms with E-state index in [-0.39, 0.29) is 0 Å². The summed E-state index contributed by atoms with van der Waals surface area (Å²) in [7, 11) is 0. The third kappa shape index (κ3) is 6.44. The molecule has 1 nitrogen and oxygen atoms in total. The lowest BCUT2D eigenvalue weighted by atomic mass is 9.70. The Balaban J connectivity index is 0.962. The first kappa shape index (κ1) is 40.3. The fraction of sp³-hybridized carbons (Fsp3) is 0.104. The molecule has 3 aliphatic carbocycles. The van der Waals surface area contributed by atoms with Gasteiger partial charge in [-0.3, -0.25) is 0 Å². The molecule has 3 aliphatic rings. The summed E-state index contributed by atoms with van der Waals surface area (Å²) in [5, 5.41) is 0. The number of hydrogen-bond donors (Lipinski definition) is 0. The smallest absolute Gasteiger partial charge is 0.0726 e. The van der Waals surface area contributed by atoms with E-state index in [9.17, 15) is 0 Å². The lowest BCUT2D eigenvalue weighted by molar-refractivity contribution is 0.443. The summed E-state index contributed by atoms with van der Waals surface area (Å²) in [5.74, 6) is 0.696.